The molecule has 0 amide bonds. The predicted molar refractivity (Wildman–Crippen MR) is 139 cm³/mol. The molecule has 6 rings (SSSR count). The van der Waals surface area contributed by atoms with Crippen LogP contribution in [0.5, 0.6) is 11.5 Å². The summed E-state index contributed by atoms with van der Waals surface area (Å²) in [5, 5.41) is 13.6. The van der Waals surface area contributed by atoms with Crippen molar-refractivity contribution in [3.05, 3.63) is 65.1 Å². The van der Waals surface area contributed by atoms with E-state index in [9.17, 15) is 5.11 Å². The Balaban J connectivity index is 1.16. The van der Waals surface area contributed by atoms with Crippen LogP contribution in [0.25, 0.3) is 21.8 Å². The maximum absolute atomic E-state index is 11.1. The number of hydrogen-bond donors (Lipinski definition) is 1. The minimum absolute atomic E-state index is 0.296. The highest BCUT2D eigenvalue weighted by atomic mass is 79.9. The minimum atomic E-state index is -0.456. The molecule has 3 heterocycles. The van der Waals surface area contributed by atoms with Gasteiger partial charge >= 0.3 is 0 Å². The topological polar surface area (TPSA) is 50.1 Å². The van der Waals surface area contributed by atoms with Crippen LogP contribution in [0.4, 0.5) is 5.69 Å². The Labute approximate surface area is 207 Å². The monoisotopic (exact) mass is 521 g/mol. The number of nitrogens with zero attached hydrogens (tertiary/aromatic N) is 3. The van der Waals surface area contributed by atoms with Crippen LogP contribution in [0.2, 0.25) is 0 Å². The van der Waals surface area contributed by atoms with E-state index in [1.807, 2.05) is 6.07 Å². The van der Waals surface area contributed by atoms with Gasteiger partial charge in [-0.1, -0.05) is 34.1 Å². The van der Waals surface area contributed by atoms with Gasteiger partial charge in [-0.2, -0.15) is 0 Å². The van der Waals surface area contributed by atoms with Crippen LogP contribution in [0.15, 0.2) is 65.1 Å². The molecule has 0 aliphatic carbocycles. The number of fused-ring (bicyclic) bond motifs is 4. The summed E-state index contributed by atoms with van der Waals surface area (Å²) in [5.41, 5.74) is 3.48. The van der Waals surface area contributed by atoms with Crippen molar-refractivity contribution >= 4 is 43.4 Å². The van der Waals surface area contributed by atoms with Gasteiger partial charge in [0, 0.05) is 70.3 Å². The highest BCUT2D eigenvalue weighted by molar-refractivity contribution is 9.10. The number of hydrogen-bond acceptors (Lipinski definition) is 5. The lowest BCUT2D eigenvalue weighted by molar-refractivity contribution is 0.0754. The number of para-hydroxylation sites is 1. The largest absolute Gasteiger partial charge is 0.454 e. The van der Waals surface area contributed by atoms with Crippen molar-refractivity contribution in [3.8, 4) is 11.5 Å². The van der Waals surface area contributed by atoms with Gasteiger partial charge in [-0.05, 0) is 43.3 Å². The van der Waals surface area contributed by atoms with Crippen molar-refractivity contribution in [2.75, 3.05) is 37.9 Å². The number of aliphatic hydroxyl groups is 1. The fraction of sp³-hybridized carbons (Fsp3) is 0.333. The number of piperazine rings is 1. The molecule has 34 heavy (non-hydrogen) atoms. The van der Waals surface area contributed by atoms with Crippen LogP contribution < -0.4 is 14.4 Å². The van der Waals surface area contributed by atoms with Crippen LogP contribution in [-0.2, 0) is 6.54 Å². The van der Waals surface area contributed by atoms with Crippen LogP contribution in [0.3, 0.4) is 0 Å². The van der Waals surface area contributed by atoms with Gasteiger partial charge in [0.1, 0.15) is 0 Å². The third kappa shape index (κ3) is 3.91. The number of rotatable bonds is 5. The Morgan fingerprint density at radius 3 is 2.65 bits per heavy atom. The zero-order chi connectivity index (χ0) is 23.2. The number of aliphatic hydroxyl groups excluding tert-OH is 1. The number of halogens is 1. The summed E-state index contributed by atoms with van der Waals surface area (Å²) in [6.07, 6.45) is -0.456. The minimum Gasteiger partial charge on any atom is -0.454 e. The average Bonchev–Trinajstić information content (AvgIpc) is 3.43. The van der Waals surface area contributed by atoms with Gasteiger partial charge in [-0.25, -0.2) is 0 Å². The van der Waals surface area contributed by atoms with Crippen LogP contribution in [0.1, 0.15) is 6.92 Å². The maximum Gasteiger partial charge on any atom is 0.231 e. The van der Waals surface area contributed by atoms with E-state index in [-0.39, 0.29) is 0 Å². The molecule has 7 heteroatoms. The summed E-state index contributed by atoms with van der Waals surface area (Å²) in [6, 6.07) is 21.3. The number of anilines is 1. The zero-order valence-electron chi connectivity index (χ0n) is 19.2. The smallest absolute Gasteiger partial charge is 0.231 e. The molecule has 6 nitrogen and oxygen atoms in total. The molecule has 1 aromatic heterocycles. The van der Waals surface area contributed by atoms with Crippen molar-refractivity contribution in [1.29, 1.82) is 0 Å². The Hall–Kier alpha value is -2.74. The first-order chi connectivity index (χ1) is 16.6. The molecular weight excluding hydrogens is 494 g/mol. The van der Waals surface area contributed by atoms with Crippen molar-refractivity contribution in [3.63, 3.8) is 0 Å². The molecule has 2 aliphatic rings. The fourth-order valence-corrected chi connectivity index (χ4v) is 5.71. The van der Waals surface area contributed by atoms with E-state index in [4.69, 9.17) is 9.47 Å². The van der Waals surface area contributed by atoms with Crippen LogP contribution in [0, 0.1) is 0 Å². The SMILES string of the molecule is CC1CN(c2ccc3c(c2)OCO3)CCN1CC(O)Cn1c2ccccc2c2cc(Br)ccc21. The van der Waals surface area contributed by atoms with Gasteiger partial charge in [-0.3, -0.25) is 4.90 Å². The zero-order valence-corrected chi connectivity index (χ0v) is 20.7. The van der Waals surface area contributed by atoms with Crippen LogP contribution >= 0.6 is 15.9 Å². The maximum atomic E-state index is 11.1. The quantitative estimate of drug-likeness (QED) is 0.406. The molecule has 3 aromatic carbocycles. The molecule has 1 N–H and O–H groups in total. The molecule has 2 atom stereocenters. The van der Waals surface area contributed by atoms with Crippen molar-refractivity contribution < 1.29 is 14.6 Å². The first kappa shape index (κ1) is 21.8. The highest BCUT2D eigenvalue weighted by Gasteiger charge is 2.27. The van der Waals surface area contributed by atoms with E-state index < -0.39 is 6.10 Å². The van der Waals surface area contributed by atoms with Gasteiger partial charge in [0.05, 0.1) is 12.6 Å². The summed E-state index contributed by atoms with van der Waals surface area (Å²) < 4.78 is 14.3. The molecular formula is C27H28BrN3O3. The van der Waals surface area contributed by atoms with Crippen LogP contribution in [-0.4, -0.2) is 59.7 Å². The van der Waals surface area contributed by atoms with E-state index in [2.05, 4.69) is 91.8 Å². The number of β-amino-alcohol motifs (C(OH)–C–C–N with tert-alkyl or cyclic N) is 1. The van der Waals surface area contributed by atoms with Gasteiger partial charge in [-0.15, -0.1) is 0 Å². The van der Waals surface area contributed by atoms with E-state index >= 15 is 0 Å². The Kier molecular flexibility index (Phi) is 5.63. The Morgan fingerprint density at radius 1 is 0.941 bits per heavy atom. The second-order valence-electron chi connectivity index (χ2n) is 9.27. The van der Waals surface area contributed by atoms with Crippen molar-refractivity contribution in [2.24, 2.45) is 0 Å². The average molecular weight is 522 g/mol. The number of aromatic nitrogens is 1. The Morgan fingerprint density at radius 2 is 1.76 bits per heavy atom. The first-order valence-corrected chi connectivity index (χ1v) is 12.6. The first-order valence-electron chi connectivity index (χ1n) is 11.8. The van der Waals surface area contributed by atoms with Gasteiger partial charge in [0.2, 0.25) is 6.79 Å². The van der Waals surface area contributed by atoms with E-state index in [0.29, 0.717) is 25.9 Å². The molecule has 0 bridgehead atoms. The normalized spacial score (nSPS) is 19.3. The fourth-order valence-electron chi connectivity index (χ4n) is 5.34. The molecule has 1 fully saturated rings. The molecule has 4 aromatic rings. The summed E-state index contributed by atoms with van der Waals surface area (Å²) in [4.78, 5) is 4.79. The van der Waals surface area contributed by atoms with Crippen molar-refractivity contribution in [2.45, 2.75) is 25.6 Å². The number of benzene rings is 3. The third-order valence-corrected chi connectivity index (χ3v) is 7.55. The lowest BCUT2D eigenvalue weighted by atomic mass is 10.1. The summed E-state index contributed by atoms with van der Waals surface area (Å²) in [7, 11) is 0. The van der Waals surface area contributed by atoms with Gasteiger partial charge in [0.25, 0.3) is 0 Å². The van der Waals surface area contributed by atoms with Gasteiger partial charge in [0.15, 0.2) is 11.5 Å². The molecule has 1 saturated heterocycles. The summed E-state index contributed by atoms with van der Waals surface area (Å²) in [5.74, 6) is 1.64. The summed E-state index contributed by atoms with van der Waals surface area (Å²) in [6.45, 7) is 6.50. The highest BCUT2D eigenvalue weighted by Crippen LogP contribution is 2.36. The molecule has 0 saturated carbocycles. The third-order valence-electron chi connectivity index (χ3n) is 7.06. The second kappa shape index (κ2) is 8.80. The van der Waals surface area contributed by atoms with E-state index in [1.54, 1.807) is 0 Å². The molecule has 2 unspecified atom stereocenters. The molecule has 0 radical (unpaired) electrons. The lowest BCUT2D eigenvalue weighted by Crippen LogP contribution is -2.54. The van der Waals surface area contributed by atoms with Crippen molar-refractivity contribution in [1.82, 2.24) is 9.47 Å². The predicted octanol–water partition coefficient (Wildman–Crippen LogP) is 4.86. The van der Waals surface area contributed by atoms with E-state index in [1.165, 1.54) is 10.8 Å². The summed E-state index contributed by atoms with van der Waals surface area (Å²) >= 11 is 3.60. The van der Waals surface area contributed by atoms with E-state index in [0.717, 1.165) is 52.3 Å². The Bertz CT molecular complexity index is 1350. The molecule has 176 valence electrons. The molecule has 2 aliphatic heterocycles. The lowest BCUT2D eigenvalue weighted by Gasteiger charge is -2.41. The second-order valence-corrected chi connectivity index (χ2v) is 10.2. The standard InChI is InChI=1S/C27H28BrN3O3/c1-18-14-30(20-7-9-26-27(13-20)34-17-33-26)11-10-29(18)15-21(32)16-31-24-5-3-2-4-22(24)23-12-19(28)6-8-25(23)31/h2-9,12-13,18,21,32H,10-11,14-17H2,1H3. The van der Waals surface area contributed by atoms with Gasteiger partial charge < -0.3 is 24.0 Å². The number of ether oxygens (including phenoxy) is 2. The molecule has 0 spiro atoms.